The van der Waals surface area contributed by atoms with E-state index in [9.17, 15) is 0 Å². The molecular weight excluding hydrogens is 414 g/mol. The molecule has 0 aliphatic carbocycles. The van der Waals surface area contributed by atoms with Gasteiger partial charge >= 0.3 is 0 Å². The second-order valence-electron chi connectivity index (χ2n) is 5.61. The minimum absolute atomic E-state index is 0.293. The van der Waals surface area contributed by atoms with E-state index in [1.807, 2.05) is 36.4 Å². The zero-order valence-electron chi connectivity index (χ0n) is 13.7. The molecule has 0 fully saturated rings. The number of halogens is 1. The van der Waals surface area contributed by atoms with E-state index in [2.05, 4.69) is 49.2 Å². The standard InChI is InChI=1S/C18H14BrN5OS/c1-10-2-7-13-14(8-10)26-18(23-13)24-16-15(20)17(22-9-21-16)25-12-5-3-11(19)4-6-12/h2-9H,20H2,1H3,(H,21,22,23,24). The lowest BCUT2D eigenvalue weighted by Gasteiger charge is -2.10. The summed E-state index contributed by atoms with van der Waals surface area (Å²) in [5.74, 6) is 1.39. The first-order valence-electron chi connectivity index (χ1n) is 7.76. The van der Waals surface area contributed by atoms with Crippen LogP contribution in [0.1, 0.15) is 5.56 Å². The van der Waals surface area contributed by atoms with Gasteiger partial charge in [0.05, 0.1) is 10.2 Å². The number of thiazole rings is 1. The second kappa shape index (κ2) is 6.89. The van der Waals surface area contributed by atoms with Gasteiger partial charge in [0.2, 0.25) is 5.88 Å². The molecule has 2 aromatic carbocycles. The summed E-state index contributed by atoms with van der Waals surface area (Å²) >= 11 is 4.93. The highest BCUT2D eigenvalue weighted by Gasteiger charge is 2.13. The van der Waals surface area contributed by atoms with Crippen LogP contribution < -0.4 is 15.8 Å². The molecule has 3 N–H and O–H groups in total. The molecule has 4 rings (SSSR count). The molecule has 130 valence electrons. The van der Waals surface area contributed by atoms with Gasteiger partial charge in [0.1, 0.15) is 17.8 Å². The van der Waals surface area contributed by atoms with Gasteiger partial charge in [-0.1, -0.05) is 33.3 Å². The van der Waals surface area contributed by atoms with Gasteiger partial charge in [0.15, 0.2) is 10.9 Å². The maximum atomic E-state index is 6.18. The van der Waals surface area contributed by atoms with Gasteiger partial charge in [-0.15, -0.1) is 0 Å². The molecule has 0 spiro atoms. The molecule has 0 saturated heterocycles. The lowest BCUT2D eigenvalue weighted by molar-refractivity contribution is 0.464. The molecule has 0 radical (unpaired) electrons. The number of aromatic nitrogens is 3. The average Bonchev–Trinajstić information content (AvgIpc) is 3.02. The third-order valence-electron chi connectivity index (χ3n) is 3.64. The van der Waals surface area contributed by atoms with E-state index in [0.717, 1.165) is 14.7 Å². The third kappa shape index (κ3) is 3.47. The maximum Gasteiger partial charge on any atom is 0.248 e. The molecule has 6 nitrogen and oxygen atoms in total. The smallest absolute Gasteiger partial charge is 0.248 e. The van der Waals surface area contributed by atoms with Crippen molar-refractivity contribution in [3.05, 3.63) is 58.8 Å². The van der Waals surface area contributed by atoms with Gasteiger partial charge in [-0.3, -0.25) is 0 Å². The van der Waals surface area contributed by atoms with Crippen molar-refractivity contribution in [1.29, 1.82) is 0 Å². The van der Waals surface area contributed by atoms with Crippen molar-refractivity contribution in [3.8, 4) is 11.6 Å². The molecule has 0 aliphatic rings. The van der Waals surface area contributed by atoms with E-state index in [4.69, 9.17) is 10.5 Å². The Morgan fingerprint density at radius 3 is 2.73 bits per heavy atom. The van der Waals surface area contributed by atoms with Crippen molar-refractivity contribution < 1.29 is 4.74 Å². The number of fused-ring (bicyclic) bond motifs is 1. The van der Waals surface area contributed by atoms with Crippen LogP contribution in [0.25, 0.3) is 10.2 Å². The molecule has 0 amide bonds. The Hall–Kier alpha value is -2.71. The normalized spacial score (nSPS) is 10.8. The Kier molecular flexibility index (Phi) is 4.44. The fraction of sp³-hybridized carbons (Fsp3) is 0.0556. The molecule has 0 atom stereocenters. The number of nitrogen functional groups attached to an aromatic ring is 1. The fourth-order valence-electron chi connectivity index (χ4n) is 2.36. The van der Waals surface area contributed by atoms with Crippen LogP contribution in [-0.4, -0.2) is 15.0 Å². The first-order chi connectivity index (χ1) is 12.6. The molecule has 26 heavy (non-hydrogen) atoms. The summed E-state index contributed by atoms with van der Waals surface area (Å²) in [5, 5.41) is 3.87. The van der Waals surface area contributed by atoms with Gasteiger partial charge in [-0.05, 0) is 48.9 Å². The molecule has 0 bridgehead atoms. The number of anilines is 3. The van der Waals surface area contributed by atoms with E-state index in [1.165, 1.54) is 11.9 Å². The predicted octanol–water partition coefficient (Wildman–Crippen LogP) is 5.28. The number of hydrogen-bond acceptors (Lipinski definition) is 7. The minimum atomic E-state index is 0.293. The van der Waals surface area contributed by atoms with E-state index in [1.54, 1.807) is 11.3 Å². The van der Waals surface area contributed by atoms with Gasteiger partial charge in [-0.2, -0.15) is 4.98 Å². The molecular formula is C18H14BrN5OS. The molecule has 0 saturated carbocycles. The van der Waals surface area contributed by atoms with Crippen LogP contribution in [-0.2, 0) is 0 Å². The van der Waals surface area contributed by atoms with E-state index in [-0.39, 0.29) is 0 Å². The Balaban J connectivity index is 1.61. The lowest BCUT2D eigenvalue weighted by atomic mass is 10.2. The fourth-order valence-corrected chi connectivity index (χ4v) is 3.59. The first kappa shape index (κ1) is 16.7. The summed E-state index contributed by atoms with van der Waals surface area (Å²) in [6.45, 7) is 2.06. The van der Waals surface area contributed by atoms with E-state index < -0.39 is 0 Å². The molecule has 2 aromatic heterocycles. The highest BCUT2D eigenvalue weighted by atomic mass is 79.9. The Morgan fingerprint density at radius 1 is 1.12 bits per heavy atom. The quantitative estimate of drug-likeness (QED) is 0.460. The molecule has 2 heterocycles. The van der Waals surface area contributed by atoms with E-state index in [0.29, 0.717) is 28.3 Å². The Labute approximate surface area is 162 Å². The second-order valence-corrected chi connectivity index (χ2v) is 7.56. The molecule has 0 aliphatic heterocycles. The number of aryl methyl sites for hydroxylation is 1. The van der Waals surface area contributed by atoms with Crippen molar-refractivity contribution in [3.63, 3.8) is 0 Å². The van der Waals surface area contributed by atoms with Crippen LogP contribution in [0.2, 0.25) is 0 Å². The zero-order valence-corrected chi connectivity index (χ0v) is 16.1. The number of nitrogens with zero attached hydrogens (tertiary/aromatic N) is 3. The predicted molar refractivity (Wildman–Crippen MR) is 108 cm³/mol. The van der Waals surface area contributed by atoms with Crippen molar-refractivity contribution in [1.82, 2.24) is 15.0 Å². The summed E-state index contributed by atoms with van der Waals surface area (Å²) < 4.78 is 7.83. The first-order valence-corrected chi connectivity index (χ1v) is 9.37. The number of hydrogen-bond donors (Lipinski definition) is 2. The Bertz CT molecular complexity index is 1080. The highest BCUT2D eigenvalue weighted by Crippen LogP contribution is 2.34. The summed E-state index contributed by atoms with van der Waals surface area (Å²) in [6.07, 6.45) is 1.41. The number of benzene rings is 2. The van der Waals surface area contributed by atoms with Gasteiger partial charge in [-0.25, -0.2) is 9.97 Å². The van der Waals surface area contributed by atoms with Crippen LogP contribution in [0.3, 0.4) is 0 Å². The number of nitrogens with two attached hydrogens (primary N) is 1. The SMILES string of the molecule is Cc1ccc2nc(Nc3ncnc(Oc4ccc(Br)cc4)c3N)sc2c1. The van der Waals surface area contributed by atoms with Crippen molar-refractivity contribution in [2.75, 3.05) is 11.1 Å². The van der Waals surface area contributed by atoms with Crippen molar-refractivity contribution >= 4 is 54.1 Å². The summed E-state index contributed by atoms with van der Waals surface area (Å²) in [7, 11) is 0. The van der Waals surface area contributed by atoms with Gasteiger partial charge in [0, 0.05) is 4.47 Å². The number of nitrogens with one attached hydrogen (secondary N) is 1. The Morgan fingerprint density at radius 2 is 1.92 bits per heavy atom. The molecule has 8 heteroatoms. The summed E-state index contributed by atoms with van der Waals surface area (Å²) in [4.78, 5) is 12.9. The number of rotatable bonds is 4. The lowest BCUT2D eigenvalue weighted by Crippen LogP contribution is -2.02. The van der Waals surface area contributed by atoms with Crippen molar-refractivity contribution in [2.45, 2.75) is 6.92 Å². The number of ether oxygens (including phenoxy) is 1. The molecule has 4 aromatic rings. The van der Waals surface area contributed by atoms with Crippen LogP contribution >= 0.6 is 27.3 Å². The van der Waals surface area contributed by atoms with Crippen LogP contribution in [0.4, 0.5) is 16.6 Å². The third-order valence-corrected chi connectivity index (χ3v) is 5.11. The van der Waals surface area contributed by atoms with Gasteiger partial charge < -0.3 is 15.8 Å². The van der Waals surface area contributed by atoms with E-state index >= 15 is 0 Å². The van der Waals surface area contributed by atoms with Gasteiger partial charge in [0.25, 0.3) is 0 Å². The monoisotopic (exact) mass is 427 g/mol. The summed E-state index contributed by atoms with van der Waals surface area (Å²) in [5.41, 5.74) is 8.63. The highest BCUT2D eigenvalue weighted by molar-refractivity contribution is 9.10. The summed E-state index contributed by atoms with van der Waals surface area (Å²) in [6, 6.07) is 13.6. The van der Waals surface area contributed by atoms with Crippen molar-refractivity contribution in [2.24, 2.45) is 0 Å². The maximum absolute atomic E-state index is 6.18. The zero-order chi connectivity index (χ0) is 18.1. The topological polar surface area (TPSA) is 86.0 Å². The largest absolute Gasteiger partial charge is 0.437 e. The van der Waals surface area contributed by atoms with Crippen LogP contribution in [0.15, 0.2) is 53.3 Å². The van der Waals surface area contributed by atoms with Crippen LogP contribution in [0, 0.1) is 6.92 Å². The van der Waals surface area contributed by atoms with Crippen LogP contribution in [0.5, 0.6) is 11.6 Å². The molecule has 0 unspecified atom stereocenters. The minimum Gasteiger partial charge on any atom is -0.437 e. The average molecular weight is 428 g/mol.